The minimum Gasteiger partial charge on any atom is -0.489 e. The van der Waals surface area contributed by atoms with E-state index in [4.69, 9.17) is 4.74 Å². The lowest BCUT2D eigenvalue weighted by Gasteiger charge is -2.19. The van der Waals surface area contributed by atoms with Crippen LogP contribution in [0.5, 0.6) is 5.75 Å². The zero-order valence-electron chi connectivity index (χ0n) is 17.8. The summed E-state index contributed by atoms with van der Waals surface area (Å²) in [5.41, 5.74) is 5.02. The van der Waals surface area contributed by atoms with Crippen molar-refractivity contribution in [2.75, 3.05) is 0 Å². The number of nitrogens with one attached hydrogen (secondary N) is 1. The molecule has 0 bridgehead atoms. The van der Waals surface area contributed by atoms with Crippen molar-refractivity contribution >= 4 is 5.91 Å². The summed E-state index contributed by atoms with van der Waals surface area (Å²) in [6, 6.07) is 15.7. The normalized spacial score (nSPS) is 11.3. The maximum atomic E-state index is 12.5. The SMILES string of the molecule is Cc1c(CNC(=O)c2cccc(COc3ccc(C(C)(C)C)cc3)c2)cnn1C. The number of hydrogen-bond acceptors (Lipinski definition) is 3. The zero-order chi connectivity index (χ0) is 21.0. The third kappa shape index (κ3) is 5.25. The van der Waals surface area contributed by atoms with E-state index in [0.29, 0.717) is 18.7 Å². The summed E-state index contributed by atoms with van der Waals surface area (Å²) in [6.07, 6.45) is 1.78. The van der Waals surface area contributed by atoms with Gasteiger partial charge in [-0.05, 0) is 47.7 Å². The lowest BCUT2D eigenvalue weighted by atomic mass is 9.87. The molecule has 5 heteroatoms. The summed E-state index contributed by atoms with van der Waals surface area (Å²) in [5.74, 6) is 0.713. The van der Waals surface area contributed by atoms with Crippen molar-refractivity contribution in [3.63, 3.8) is 0 Å². The lowest BCUT2D eigenvalue weighted by Crippen LogP contribution is -2.23. The van der Waals surface area contributed by atoms with Gasteiger partial charge in [0.1, 0.15) is 12.4 Å². The van der Waals surface area contributed by atoms with Crippen LogP contribution in [0.2, 0.25) is 0 Å². The average Bonchev–Trinajstić information content (AvgIpc) is 3.02. The van der Waals surface area contributed by atoms with E-state index in [9.17, 15) is 4.79 Å². The monoisotopic (exact) mass is 391 g/mol. The summed E-state index contributed by atoms with van der Waals surface area (Å²) >= 11 is 0. The fraction of sp³-hybridized carbons (Fsp3) is 0.333. The van der Waals surface area contributed by atoms with Crippen molar-refractivity contribution in [2.24, 2.45) is 7.05 Å². The predicted molar refractivity (Wildman–Crippen MR) is 115 cm³/mol. The molecule has 0 fully saturated rings. The summed E-state index contributed by atoms with van der Waals surface area (Å²) in [7, 11) is 1.89. The molecule has 3 rings (SSSR count). The number of ether oxygens (including phenoxy) is 1. The molecule has 29 heavy (non-hydrogen) atoms. The molecule has 1 heterocycles. The highest BCUT2D eigenvalue weighted by Crippen LogP contribution is 2.24. The Balaban J connectivity index is 1.59. The molecule has 5 nitrogen and oxygen atoms in total. The number of aryl methyl sites for hydroxylation is 1. The van der Waals surface area contributed by atoms with Crippen molar-refractivity contribution in [3.05, 3.63) is 82.7 Å². The molecule has 0 saturated carbocycles. The summed E-state index contributed by atoms with van der Waals surface area (Å²) in [4.78, 5) is 12.5. The molecule has 0 saturated heterocycles. The van der Waals surface area contributed by atoms with Crippen LogP contribution >= 0.6 is 0 Å². The second-order valence-electron chi connectivity index (χ2n) is 8.32. The second-order valence-corrected chi connectivity index (χ2v) is 8.32. The number of aromatic nitrogens is 2. The van der Waals surface area contributed by atoms with Crippen molar-refractivity contribution < 1.29 is 9.53 Å². The number of benzene rings is 2. The van der Waals surface area contributed by atoms with Gasteiger partial charge in [0.25, 0.3) is 5.91 Å². The smallest absolute Gasteiger partial charge is 0.251 e. The fourth-order valence-electron chi connectivity index (χ4n) is 3.02. The predicted octanol–water partition coefficient (Wildman–Crippen LogP) is 4.54. The maximum absolute atomic E-state index is 12.5. The molecule has 1 N–H and O–H groups in total. The van der Waals surface area contributed by atoms with Crippen molar-refractivity contribution in [1.29, 1.82) is 0 Å². The molecule has 0 unspecified atom stereocenters. The first-order valence-corrected chi connectivity index (χ1v) is 9.82. The van der Waals surface area contributed by atoms with E-state index in [-0.39, 0.29) is 11.3 Å². The van der Waals surface area contributed by atoms with Crippen LogP contribution in [0.3, 0.4) is 0 Å². The van der Waals surface area contributed by atoms with Crippen molar-refractivity contribution in [2.45, 2.75) is 46.3 Å². The largest absolute Gasteiger partial charge is 0.489 e. The van der Waals surface area contributed by atoms with Gasteiger partial charge in [0, 0.05) is 30.4 Å². The fourth-order valence-corrected chi connectivity index (χ4v) is 3.02. The topological polar surface area (TPSA) is 56.1 Å². The van der Waals surface area contributed by atoms with Gasteiger partial charge in [0.05, 0.1) is 6.20 Å². The Bertz CT molecular complexity index is 982. The van der Waals surface area contributed by atoms with Gasteiger partial charge in [-0.2, -0.15) is 5.10 Å². The molecule has 0 radical (unpaired) electrons. The molecule has 0 aliphatic rings. The lowest BCUT2D eigenvalue weighted by molar-refractivity contribution is 0.0950. The highest BCUT2D eigenvalue weighted by molar-refractivity contribution is 5.94. The third-order valence-electron chi connectivity index (χ3n) is 5.09. The van der Waals surface area contributed by atoms with E-state index >= 15 is 0 Å². The molecule has 152 valence electrons. The maximum Gasteiger partial charge on any atom is 0.251 e. The Labute approximate surface area is 172 Å². The van der Waals surface area contributed by atoms with Crippen molar-refractivity contribution in [1.82, 2.24) is 15.1 Å². The Morgan fingerprint density at radius 2 is 1.86 bits per heavy atom. The summed E-state index contributed by atoms with van der Waals surface area (Å²) < 4.78 is 7.70. The van der Waals surface area contributed by atoms with Crippen LogP contribution in [0.15, 0.2) is 54.7 Å². The molecule has 1 aromatic heterocycles. The number of rotatable bonds is 6. The van der Waals surface area contributed by atoms with Crippen LogP contribution in [-0.2, 0) is 25.6 Å². The van der Waals surface area contributed by atoms with Crippen LogP contribution in [-0.4, -0.2) is 15.7 Å². The minimum atomic E-state index is -0.107. The number of carbonyl (C=O) groups is 1. The number of carbonyl (C=O) groups excluding carboxylic acids is 1. The van der Waals surface area contributed by atoms with E-state index in [1.165, 1.54) is 5.56 Å². The molecular formula is C24H29N3O2. The molecule has 3 aromatic rings. The molecule has 2 aromatic carbocycles. The summed E-state index contributed by atoms with van der Waals surface area (Å²) in [5, 5.41) is 7.16. The molecule has 1 amide bonds. The van der Waals surface area contributed by atoms with Crippen LogP contribution in [0, 0.1) is 6.92 Å². The van der Waals surface area contributed by atoms with Gasteiger partial charge in [-0.3, -0.25) is 9.48 Å². The highest BCUT2D eigenvalue weighted by Gasteiger charge is 2.13. The highest BCUT2D eigenvalue weighted by atomic mass is 16.5. The number of nitrogens with zero attached hydrogens (tertiary/aromatic N) is 2. The first-order chi connectivity index (χ1) is 13.7. The van der Waals surface area contributed by atoms with Crippen molar-refractivity contribution in [3.8, 4) is 5.75 Å². The van der Waals surface area contributed by atoms with Gasteiger partial charge in [-0.25, -0.2) is 0 Å². The number of hydrogen-bond donors (Lipinski definition) is 1. The van der Waals surface area contributed by atoms with E-state index in [1.807, 2.05) is 50.4 Å². The van der Waals surface area contributed by atoms with Gasteiger partial charge in [0.2, 0.25) is 0 Å². The van der Waals surface area contributed by atoms with Crippen LogP contribution in [0.4, 0.5) is 0 Å². The number of amides is 1. The molecule has 0 aliphatic heterocycles. The van der Waals surface area contributed by atoms with E-state index in [0.717, 1.165) is 22.6 Å². The van der Waals surface area contributed by atoms with E-state index < -0.39 is 0 Å². The van der Waals surface area contributed by atoms with E-state index in [2.05, 4.69) is 43.3 Å². The van der Waals surface area contributed by atoms with Gasteiger partial charge >= 0.3 is 0 Å². The van der Waals surface area contributed by atoms with Crippen LogP contribution in [0.25, 0.3) is 0 Å². The first-order valence-electron chi connectivity index (χ1n) is 9.82. The standard InChI is InChI=1S/C24H29N3O2/c1-17-20(15-26-27(17)5)14-25-23(28)19-8-6-7-18(13-19)16-29-22-11-9-21(10-12-22)24(2,3)4/h6-13,15H,14,16H2,1-5H3,(H,25,28). The second kappa shape index (κ2) is 8.52. The molecule has 0 spiro atoms. The molecule has 0 atom stereocenters. The third-order valence-corrected chi connectivity index (χ3v) is 5.09. The van der Waals surface area contributed by atoms with Gasteiger partial charge < -0.3 is 10.1 Å². The zero-order valence-corrected chi connectivity index (χ0v) is 17.8. The quantitative estimate of drug-likeness (QED) is 0.671. The van der Waals surface area contributed by atoms with E-state index in [1.54, 1.807) is 10.9 Å². The molecule has 0 aliphatic carbocycles. The minimum absolute atomic E-state index is 0.107. The van der Waals surface area contributed by atoms with Gasteiger partial charge in [0.15, 0.2) is 0 Å². The Kier molecular flexibility index (Phi) is 6.06. The summed E-state index contributed by atoms with van der Waals surface area (Å²) in [6.45, 7) is 9.43. The van der Waals surface area contributed by atoms with Gasteiger partial charge in [-0.1, -0.05) is 45.0 Å². The van der Waals surface area contributed by atoms with Gasteiger partial charge in [-0.15, -0.1) is 0 Å². The Morgan fingerprint density at radius 3 is 2.48 bits per heavy atom. The molecular weight excluding hydrogens is 362 g/mol. The van der Waals surface area contributed by atoms with Crippen LogP contribution < -0.4 is 10.1 Å². The Morgan fingerprint density at radius 1 is 1.14 bits per heavy atom. The van der Waals surface area contributed by atoms with Crippen LogP contribution in [0.1, 0.15) is 53.5 Å². The first kappa shape index (κ1) is 20.6. The Hall–Kier alpha value is -3.08. The average molecular weight is 392 g/mol.